The maximum atomic E-state index is 13.2. The van der Waals surface area contributed by atoms with E-state index in [1.807, 2.05) is 24.1 Å². The number of hydrogen-bond acceptors (Lipinski definition) is 7. The predicted molar refractivity (Wildman–Crippen MR) is 119 cm³/mol. The summed E-state index contributed by atoms with van der Waals surface area (Å²) >= 11 is 0. The molecule has 2 heterocycles. The summed E-state index contributed by atoms with van der Waals surface area (Å²) in [6, 6.07) is 9.52. The molecule has 8 nitrogen and oxygen atoms in total. The molecule has 1 amide bonds. The van der Waals surface area contributed by atoms with Crippen molar-refractivity contribution in [2.24, 2.45) is 0 Å². The van der Waals surface area contributed by atoms with Crippen LogP contribution in [-0.2, 0) is 11.3 Å². The fraction of sp³-hybridized carbons (Fsp3) is 0.348. The van der Waals surface area contributed by atoms with Crippen LogP contribution in [-0.4, -0.2) is 41.9 Å². The second-order valence-electron chi connectivity index (χ2n) is 8.25. The number of nitrogens with zero attached hydrogens (tertiary/aromatic N) is 3. The van der Waals surface area contributed by atoms with E-state index in [9.17, 15) is 9.18 Å². The summed E-state index contributed by atoms with van der Waals surface area (Å²) in [5, 5.41) is 2.50. The van der Waals surface area contributed by atoms with Gasteiger partial charge in [0.15, 0.2) is 5.58 Å². The molecule has 2 aromatic heterocycles. The first-order chi connectivity index (χ1) is 15.2. The number of alkyl carbamates (subject to hydrolysis) is 1. The summed E-state index contributed by atoms with van der Waals surface area (Å²) < 4.78 is 29.8. The van der Waals surface area contributed by atoms with Crippen LogP contribution < -0.4 is 15.0 Å². The molecule has 0 saturated heterocycles. The van der Waals surface area contributed by atoms with Gasteiger partial charge in [0, 0.05) is 44.2 Å². The number of carbonyl (C=O) groups is 1. The highest BCUT2D eigenvalue weighted by atomic mass is 19.1. The minimum atomic E-state index is -0.627. The van der Waals surface area contributed by atoms with Crippen molar-refractivity contribution < 1.29 is 23.1 Å². The molecule has 0 atom stereocenters. The van der Waals surface area contributed by atoms with Crippen molar-refractivity contribution in [2.45, 2.75) is 32.9 Å². The van der Waals surface area contributed by atoms with Gasteiger partial charge < -0.3 is 24.1 Å². The topological polar surface area (TPSA) is 89.7 Å². The van der Waals surface area contributed by atoms with Gasteiger partial charge in [-0.1, -0.05) is 6.07 Å². The van der Waals surface area contributed by atoms with E-state index in [0.29, 0.717) is 35.7 Å². The van der Waals surface area contributed by atoms with E-state index in [0.717, 1.165) is 5.56 Å². The third kappa shape index (κ3) is 6.69. The lowest BCUT2D eigenvalue weighted by atomic mass is 10.2. The smallest absolute Gasteiger partial charge is 0.407 e. The Kier molecular flexibility index (Phi) is 7.29. The number of benzene rings is 1. The minimum absolute atomic E-state index is 0.0285. The number of fused-ring (bicyclic) bond motifs is 1. The number of nitrogens with one attached hydrogen (secondary N) is 1. The molecule has 32 heavy (non-hydrogen) atoms. The molecule has 1 aromatic carbocycles. The Hall–Kier alpha value is -3.62. The Balaban J connectivity index is 1.57. The molecule has 3 aromatic rings. The number of oxazole rings is 1. The predicted octanol–water partition coefficient (Wildman–Crippen LogP) is 4.62. The van der Waals surface area contributed by atoms with Gasteiger partial charge in [-0.25, -0.2) is 9.18 Å². The lowest BCUT2D eigenvalue weighted by Gasteiger charge is -2.20. The first kappa shape index (κ1) is 23.1. The van der Waals surface area contributed by atoms with Crippen molar-refractivity contribution in [3.63, 3.8) is 0 Å². The summed E-state index contributed by atoms with van der Waals surface area (Å²) in [7, 11) is 1.88. The fourth-order valence-electron chi connectivity index (χ4n) is 2.78. The zero-order valence-corrected chi connectivity index (χ0v) is 18.6. The Labute approximate surface area is 186 Å². The largest absolute Gasteiger partial charge is 0.489 e. The summed E-state index contributed by atoms with van der Waals surface area (Å²) in [5.41, 5.74) is 1.89. The van der Waals surface area contributed by atoms with E-state index >= 15 is 0 Å². The van der Waals surface area contributed by atoms with Crippen LogP contribution in [0.5, 0.6) is 5.75 Å². The zero-order chi connectivity index (χ0) is 23.1. The van der Waals surface area contributed by atoms with Crippen molar-refractivity contribution >= 4 is 23.2 Å². The lowest BCUT2D eigenvalue weighted by Crippen LogP contribution is -2.34. The van der Waals surface area contributed by atoms with Crippen LogP contribution in [0.3, 0.4) is 0 Å². The van der Waals surface area contributed by atoms with Gasteiger partial charge in [-0.2, -0.15) is 4.98 Å². The molecule has 9 heteroatoms. The van der Waals surface area contributed by atoms with Crippen molar-refractivity contribution in [3.8, 4) is 5.75 Å². The molecular weight excluding hydrogens is 415 g/mol. The number of hydrogen-bond donors (Lipinski definition) is 1. The summed E-state index contributed by atoms with van der Waals surface area (Å²) in [6.07, 6.45) is 3.30. The van der Waals surface area contributed by atoms with Crippen molar-refractivity contribution in [1.29, 1.82) is 0 Å². The van der Waals surface area contributed by atoms with Crippen molar-refractivity contribution in [1.82, 2.24) is 15.3 Å². The van der Waals surface area contributed by atoms with Crippen LogP contribution in [0.15, 0.2) is 59.0 Å². The molecule has 0 fully saturated rings. The van der Waals surface area contributed by atoms with Gasteiger partial charge in [-0.15, -0.1) is 0 Å². The lowest BCUT2D eigenvalue weighted by molar-refractivity contribution is 0.0531. The maximum Gasteiger partial charge on any atom is 0.407 e. The van der Waals surface area contributed by atoms with Crippen molar-refractivity contribution in [3.05, 3.63) is 60.2 Å². The summed E-state index contributed by atoms with van der Waals surface area (Å²) in [4.78, 5) is 22.2. The third-order valence-corrected chi connectivity index (χ3v) is 4.25. The van der Waals surface area contributed by atoms with Crippen LogP contribution in [0.4, 0.5) is 15.2 Å². The summed E-state index contributed by atoms with van der Waals surface area (Å²) in [6.45, 7) is 5.79. The quantitative estimate of drug-likeness (QED) is 0.545. The average Bonchev–Trinajstić information content (AvgIpc) is 3.17. The van der Waals surface area contributed by atoms with Crippen LogP contribution in [0.25, 0.3) is 11.1 Å². The molecule has 0 saturated carbocycles. The van der Waals surface area contributed by atoms with Crippen LogP contribution in [0.1, 0.15) is 26.3 Å². The molecule has 0 aliphatic carbocycles. The van der Waals surface area contributed by atoms with Crippen LogP contribution in [0, 0.1) is 0 Å². The van der Waals surface area contributed by atoms with Gasteiger partial charge in [-0.05, 0) is 44.5 Å². The van der Waals surface area contributed by atoms with E-state index in [2.05, 4.69) is 15.3 Å². The fourth-order valence-corrected chi connectivity index (χ4v) is 2.78. The number of amides is 1. The van der Waals surface area contributed by atoms with E-state index in [1.54, 1.807) is 51.4 Å². The first-order valence-corrected chi connectivity index (χ1v) is 10.1. The Bertz CT molecular complexity index is 1080. The normalized spacial score (nSPS) is 12.0. The van der Waals surface area contributed by atoms with Crippen LogP contribution in [0.2, 0.25) is 0 Å². The second-order valence-corrected chi connectivity index (χ2v) is 8.25. The number of rotatable bonds is 8. The van der Waals surface area contributed by atoms with E-state index in [4.69, 9.17) is 13.9 Å². The highest BCUT2D eigenvalue weighted by Gasteiger charge is 2.16. The number of pyridine rings is 1. The van der Waals surface area contributed by atoms with Crippen LogP contribution >= 0.6 is 0 Å². The number of carbonyl (C=O) groups excluding carboxylic acids is 1. The molecule has 0 spiro atoms. The maximum absolute atomic E-state index is 13.2. The molecule has 0 aliphatic heterocycles. The van der Waals surface area contributed by atoms with Gasteiger partial charge >= 0.3 is 6.09 Å². The van der Waals surface area contributed by atoms with Gasteiger partial charge in [0.25, 0.3) is 6.01 Å². The van der Waals surface area contributed by atoms with Gasteiger partial charge in [0.05, 0.1) is 6.33 Å². The molecular formula is C23H27FN4O4. The summed E-state index contributed by atoms with van der Waals surface area (Å²) in [5.74, 6) is 0.492. The first-order valence-electron chi connectivity index (χ1n) is 10.1. The molecule has 170 valence electrons. The average molecular weight is 442 g/mol. The van der Waals surface area contributed by atoms with Gasteiger partial charge in [0.2, 0.25) is 0 Å². The Morgan fingerprint density at radius 2 is 2.12 bits per heavy atom. The Morgan fingerprint density at radius 1 is 1.31 bits per heavy atom. The highest BCUT2D eigenvalue weighted by Crippen LogP contribution is 2.26. The molecule has 0 radical (unpaired) electrons. The molecule has 0 unspecified atom stereocenters. The number of anilines is 1. The molecule has 3 rings (SSSR count). The minimum Gasteiger partial charge on any atom is -0.489 e. The molecule has 1 N–H and O–H groups in total. The van der Waals surface area contributed by atoms with Gasteiger partial charge in [-0.3, -0.25) is 4.98 Å². The second kappa shape index (κ2) is 10.1. The highest BCUT2D eigenvalue weighted by molar-refractivity contribution is 5.76. The number of aromatic nitrogens is 2. The monoisotopic (exact) mass is 442 g/mol. The van der Waals surface area contributed by atoms with E-state index in [1.165, 1.54) is 0 Å². The van der Waals surface area contributed by atoms with Crippen molar-refractivity contribution in [2.75, 3.05) is 25.1 Å². The molecule has 0 bridgehead atoms. The van der Waals surface area contributed by atoms with E-state index < -0.39 is 11.7 Å². The number of ether oxygens (including phenoxy) is 2. The molecule has 0 aliphatic rings. The van der Waals surface area contributed by atoms with Gasteiger partial charge in [0.1, 0.15) is 23.5 Å². The van der Waals surface area contributed by atoms with E-state index in [-0.39, 0.29) is 18.7 Å². The standard InChI is InChI=1S/C23H27FN4O4/c1-23(2,3)32-22(29)26-13-17(11-24)15-30-18-7-8-19-20(10-18)31-21(27-19)28(4)14-16-6-5-9-25-12-16/h5-12H,13-15H2,1-4H3,(H,26,29)/b17-11+. The zero-order valence-electron chi connectivity index (χ0n) is 18.6. The third-order valence-electron chi connectivity index (χ3n) is 4.25. The SMILES string of the molecule is CN(Cc1cccnc1)c1nc2ccc(OC/C(=C/F)CNC(=O)OC(C)(C)C)cc2o1. The Morgan fingerprint density at radius 3 is 2.81 bits per heavy atom. The number of halogens is 1.